The van der Waals surface area contributed by atoms with Gasteiger partial charge in [0, 0.05) is 0 Å². The summed E-state index contributed by atoms with van der Waals surface area (Å²) in [6, 6.07) is 13.0. The highest BCUT2D eigenvalue weighted by atomic mass is 19.1. The van der Waals surface area contributed by atoms with Crippen LogP contribution in [0.1, 0.15) is 31.7 Å². The van der Waals surface area contributed by atoms with Gasteiger partial charge in [-0.3, -0.25) is 0 Å². The molecule has 0 fully saturated rings. The molecule has 0 saturated heterocycles. The third-order valence-electron chi connectivity index (χ3n) is 3.84. The van der Waals surface area contributed by atoms with Crippen LogP contribution in [0.25, 0.3) is 17.2 Å². The molecule has 0 aliphatic heterocycles. The number of benzene rings is 2. The van der Waals surface area contributed by atoms with E-state index in [1.165, 1.54) is 6.07 Å². The third kappa shape index (κ3) is 6.20. The van der Waals surface area contributed by atoms with Gasteiger partial charge in [0.05, 0.1) is 6.10 Å². The van der Waals surface area contributed by atoms with Crippen molar-refractivity contribution in [1.82, 2.24) is 0 Å². The Kier molecular flexibility index (Phi) is 7.42. The van der Waals surface area contributed by atoms with Gasteiger partial charge in [-0.1, -0.05) is 55.1 Å². The molecular weight excluding hydrogens is 315 g/mol. The second-order valence-electron chi connectivity index (χ2n) is 6.05. The van der Waals surface area contributed by atoms with Crippen molar-refractivity contribution in [2.75, 3.05) is 6.61 Å². The lowest BCUT2D eigenvalue weighted by Gasteiger charge is -2.07. The summed E-state index contributed by atoms with van der Waals surface area (Å²) in [7, 11) is 0. The predicted octanol–water partition coefficient (Wildman–Crippen LogP) is 5.62. The normalized spacial score (nSPS) is 12.3. The SMILES string of the molecule is C=CCOc1ccc(-c2ccc(/C=C/CCCC(C)O)cc2)cc1F. The van der Waals surface area contributed by atoms with Crippen LogP contribution in [-0.4, -0.2) is 17.8 Å². The molecule has 132 valence electrons. The van der Waals surface area contributed by atoms with Gasteiger partial charge >= 0.3 is 0 Å². The van der Waals surface area contributed by atoms with Crippen LogP contribution in [0.2, 0.25) is 0 Å². The van der Waals surface area contributed by atoms with Gasteiger partial charge < -0.3 is 9.84 Å². The van der Waals surface area contributed by atoms with Gasteiger partial charge in [0.2, 0.25) is 0 Å². The van der Waals surface area contributed by atoms with Crippen LogP contribution in [0.15, 0.2) is 61.2 Å². The van der Waals surface area contributed by atoms with E-state index in [9.17, 15) is 9.50 Å². The smallest absolute Gasteiger partial charge is 0.165 e. The summed E-state index contributed by atoms with van der Waals surface area (Å²) in [4.78, 5) is 0. The molecule has 0 saturated carbocycles. The van der Waals surface area contributed by atoms with E-state index in [4.69, 9.17) is 4.74 Å². The topological polar surface area (TPSA) is 29.5 Å². The molecule has 0 bridgehead atoms. The molecule has 1 N–H and O–H groups in total. The van der Waals surface area contributed by atoms with E-state index >= 15 is 0 Å². The van der Waals surface area contributed by atoms with Gasteiger partial charge in [-0.15, -0.1) is 0 Å². The Balaban J connectivity index is 1.98. The monoisotopic (exact) mass is 340 g/mol. The lowest BCUT2D eigenvalue weighted by molar-refractivity contribution is 0.182. The molecule has 2 nitrogen and oxygen atoms in total. The van der Waals surface area contributed by atoms with Crippen LogP contribution in [0.3, 0.4) is 0 Å². The molecule has 0 aromatic heterocycles. The minimum Gasteiger partial charge on any atom is -0.486 e. The molecule has 2 rings (SSSR count). The number of hydrogen-bond acceptors (Lipinski definition) is 2. The number of allylic oxidation sites excluding steroid dienone is 1. The van der Waals surface area contributed by atoms with Crippen molar-refractivity contribution in [2.45, 2.75) is 32.3 Å². The van der Waals surface area contributed by atoms with Crippen molar-refractivity contribution >= 4 is 6.08 Å². The van der Waals surface area contributed by atoms with Crippen molar-refractivity contribution in [3.8, 4) is 16.9 Å². The highest BCUT2D eigenvalue weighted by Gasteiger charge is 2.06. The largest absolute Gasteiger partial charge is 0.486 e. The maximum Gasteiger partial charge on any atom is 0.165 e. The van der Waals surface area contributed by atoms with Crippen molar-refractivity contribution in [3.63, 3.8) is 0 Å². The van der Waals surface area contributed by atoms with Crippen LogP contribution < -0.4 is 4.74 Å². The molecule has 0 aliphatic carbocycles. The van der Waals surface area contributed by atoms with E-state index in [0.717, 1.165) is 36.0 Å². The number of unbranched alkanes of at least 4 members (excludes halogenated alkanes) is 1. The van der Waals surface area contributed by atoms with Crippen LogP contribution in [-0.2, 0) is 0 Å². The Morgan fingerprint density at radius 2 is 1.88 bits per heavy atom. The van der Waals surface area contributed by atoms with E-state index in [-0.39, 0.29) is 24.3 Å². The molecule has 25 heavy (non-hydrogen) atoms. The van der Waals surface area contributed by atoms with E-state index in [2.05, 4.69) is 18.7 Å². The maximum absolute atomic E-state index is 14.0. The Labute approximate surface area is 149 Å². The predicted molar refractivity (Wildman–Crippen MR) is 102 cm³/mol. The highest BCUT2D eigenvalue weighted by molar-refractivity contribution is 5.66. The summed E-state index contributed by atoms with van der Waals surface area (Å²) < 4.78 is 19.3. The Hall–Kier alpha value is -2.39. The lowest BCUT2D eigenvalue weighted by atomic mass is 10.0. The average molecular weight is 340 g/mol. The first kappa shape index (κ1) is 18.9. The Morgan fingerprint density at radius 3 is 2.52 bits per heavy atom. The molecule has 3 heteroatoms. The number of ether oxygens (including phenoxy) is 1. The average Bonchev–Trinajstić information content (AvgIpc) is 2.60. The van der Waals surface area contributed by atoms with Gasteiger partial charge in [0.1, 0.15) is 6.61 Å². The molecule has 0 radical (unpaired) electrons. The van der Waals surface area contributed by atoms with E-state index in [1.807, 2.05) is 37.3 Å². The highest BCUT2D eigenvalue weighted by Crippen LogP contribution is 2.26. The van der Waals surface area contributed by atoms with E-state index in [0.29, 0.717) is 0 Å². The molecule has 0 spiro atoms. The maximum atomic E-state index is 14.0. The minimum atomic E-state index is -0.374. The van der Waals surface area contributed by atoms with Crippen LogP contribution in [0.4, 0.5) is 4.39 Å². The van der Waals surface area contributed by atoms with Crippen molar-refractivity contribution in [3.05, 3.63) is 72.6 Å². The number of aliphatic hydroxyl groups is 1. The molecule has 2 aromatic rings. The second kappa shape index (κ2) is 9.80. The molecule has 0 amide bonds. The van der Waals surface area contributed by atoms with Gasteiger partial charge in [0.15, 0.2) is 11.6 Å². The number of hydrogen-bond donors (Lipinski definition) is 1. The third-order valence-corrected chi connectivity index (χ3v) is 3.84. The number of aliphatic hydroxyl groups excluding tert-OH is 1. The fourth-order valence-corrected chi connectivity index (χ4v) is 2.48. The first-order valence-corrected chi connectivity index (χ1v) is 8.58. The van der Waals surface area contributed by atoms with Crippen molar-refractivity contribution in [2.24, 2.45) is 0 Å². The molecule has 1 unspecified atom stereocenters. The minimum absolute atomic E-state index is 0.235. The van der Waals surface area contributed by atoms with Gasteiger partial charge in [0.25, 0.3) is 0 Å². The molecule has 2 aromatic carbocycles. The van der Waals surface area contributed by atoms with E-state index < -0.39 is 0 Å². The fourth-order valence-electron chi connectivity index (χ4n) is 2.48. The summed E-state index contributed by atoms with van der Waals surface area (Å²) in [5.41, 5.74) is 2.88. The van der Waals surface area contributed by atoms with Crippen molar-refractivity contribution < 1.29 is 14.2 Å². The Bertz CT molecular complexity index is 702. The zero-order valence-corrected chi connectivity index (χ0v) is 14.6. The number of rotatable bonds is 9. The molecular formula is C22H25FO2. The first-order valence-electron chi connectivity index (χ1n) is 8.58. The van der Waals surface area contributed by atoms with Crippen molar-refractivity contribution in [1.29, 1.82) is 0 Å². The summed E-state index contributed by atoms with van der Waals surface area (Å²) in [5, 5.41) is 9.22. The quantitative estimate of drug-likeness (QED) is 0.474. The van der Waals surface area contributed by atoms with Gasteiger partial charge in [-0.05, 0) is 55.0 Å². The van der Waals surface area contributed by atoms with Crippen LogP contribution in [0, 0.1) is 5.82 Å². The molecule has 0 heterocycles. The summed E-state index contributed by atoms with van der Waals surface area (Å²) in [6.45, 7) is 5.65. The molecule has 1 atom stereocenters. The first-order chi connectivity index (χ1) is 12.1. The lowest BCUT2D eigenvalue weighted by Crippen LogP contribution is -1.97. The fraction of sp³-hybridized carbons (Fsp3) is 0.273. The zero-order valence-electron chi connectivity index (χ0n) is 14.6. The van der Waals surface area contributed by atoms with Crippen LogP contribution >= 0.6 is 0 Å². The summed E-state index contributed by atoms with van der Waals surface area (Å²) in [6.07, 6.45) is 8.28. The number of halogens is 1. The summed E-state index contributed by atoms with van der Waals surface area (Å²) in [5.74, 6) is -0.137. The second-order valence-corrected chi connectivity index (χ2v) is 6.05. The van der Waals surface area contributed by atoms with Gasteiger partial charge in [-0.2, -0.15) is 0 Å². The standard InChI is InChI=1S/C22H25FO2/c1-3-15-25-22-14-13-20(16-21(22)23)19-11-9-18(10-12-19)8-6-4-5-7-17(2)24/h3,6,8-14,16-17,24H,1,4-5,7,15H2,2H3/b8-6+. The van der Waals surface area contributed by atoms with Crippen LogP contribution in [0.5, 0.6) is 5.75 Å². The Morgan fingerprint density at radius 1 is 1.16 bits per heavy atom. The van der Waals surface area contributed by atoms with E-state index in [1.54, 1.807) is 12.1 Å². The summed E-state index contributed by atoms with van der Waals surface area (Å²) >= 11 is 0. The zero-order chi connectivity index (χ0) is 18.1. The molecule has 0 aliphatic rings. The van der Waals surface area contributed by atoms with Gasteiger partial charge in [-0.25, -0.2) is 4.39 Å².